The van der Waals surface area contributed by atoms with Crippen LogP contribution >= 0.6 is 0 Å². The first-order chi connectivity index (χ1) is 23.8. The molecule has 0 atom stereocenters. The smallest absolute Gasteiger partial charge is 0.115 e. The summed E-state index contributed by atoms with van der Waals surface area (Å²) in [6.45, 7) is 0. The Morgan fingerprint density at radius 2 is 0.875 bits per heavy atom. The molecule has 1 saturated carbocycles. The van der Waals surface area contributed by atoms with Crippen molar-refractivity contribution in [2.75, 3.05) is 0 Å². The Morgan fingerprint density at radius 1 is 0.375 bits per heavy atom. The molecule has 230 valence electrons. The fourth-order valence-electron chi connectivity index (χ4n) is 8.26. The summed E-state index contributed by atoms with van der Waals surface area (Å²) in [6, 6.07) is 40.7. The summed E-state index contributed by atoms with van der Waals surface area (Å²) in [6.07, 6.45) is 16.9. The van der Waals surface area contributed by atoms with Gasteiger partial charge in [-0.2, -0.15) is 0 Å². The molecule has 0 N–H and O–H groups in total. The van der Waals surface area contributed by atoms with Crippen molar-refractivity contribution >= 4 is 0 Å². The van der Waals surface area contributed by atoms with Crippen molar-refractivity contribution in [3.05, 3.63) is 158 Å². The molecule has 1 spiro atoms. The summed E-state index contributed by atoms with van der Waals surface area (Å²) in [5, 5.41) is 0. The summed E-state index contributed by atoms with van der Waals surface area (Å²) < 4.78 is 0. The van der Waals surface area contributed by atoms with E-state index in [1.807, 2.05) is 24.8 Å². The molecule has 0 aliphatic heterocycles. The maximum Gasteiger partial charge on any atom is 0.115 e. The zero-order valence-electron chi connectivity index (χ0n) is 26.7. The fraction of sp³-hybridized carbons (Fsp3) is 0.136. The predicted octanol–water partition coefficient (Wildman–Crippen LogP) is 10.8. The topological polar surface area (TPSA) is 51.6 Å². The molecule has 0 amide bonds. The molecule has 2 aliphatic rings. The highest BCUT2D eigenvalue weighted by Gasteiger charge is 2.44. The highest BCUT2D eigenvalue weighted by atomic mass is 14.8. The molecule has 0 unspecified atom stereocenters. The summed E-state index contributed by atoms with van der Waals surface area (Å²) in [7, 11) is 0. The number of fused-ring (bicyclic) bond motifs is 5. The van der Waals surface area contributed by atoms with Gasteiger partial charge in [0.1, 0.15) is 12.7 Å². The van der Waals surface area contributed by atoms with Crippen molar-refractivity contribution in [1.29, 1.82) is 0 Å². The maximum absolute atomic E-state index is 4.27. The van der Waals surface area contributed by atoms with Gasteiger partial charge in [0.05, 0.1) is 0 Å². The van der Waals surface area contributed by atoms with Crippen LogP contribution in [-0.2, 0) is 5.41 Å². The second-order valence-corrected chi connectivity index (χ2v) is 13.1. The van der Waals surface area contributed by atoms with Crippen molar-refractivity contribution in [3.8, 4) is 66.8 Å². The van der Waals surface area contributed by atoms with Gasteiger partial charge in [0, 0.05) is 41.3 Å². The minimum Gasteiger partial charge on any atom is -0.244 e. The minimum atomic E-state index is 0.141. The van der Waals surface area contributed by atoms with E-state index in [4.69, 9.17) is 0 Å². The molecular weight excluding hydrogens is 585 g/mol. The molecule has 9 rings (SSSR count). The Morgan fingerprint density at radius 3 is 1.52 bits per heavy atom. The van der Waals surface area contributed by atoms with Gasteiger partial charge in [-0.25, -0.2) is 19.9 Å². The normalized spacial score (nSPS) is 14.4. The highest BCUT2D eigenvalue weighted by Crippen LogP contribution is 2.58. The van der Waals surface area contributed by atoms with Crippen molar-refractivity contribution < 1.29 is 0 Å². The third kappa shape index (κ3) is 4.75. The van der Waals surface area contributed by atoms with Crippen LogP contribution in [0.3, 0.4) is 0 Å². The van der Waals surface area contributed by atoms with Gasteiger partial charge in [0.15, 0.2) is 0 Å². The van der Waals surface area contributed by atoms with Crippen LogP contribution in [0.25, 0.3) is 66.8 Å². The van der Waals surface area contributed by atoms with E-state index in [9.17, 15) is 0 Å². The van der Waals surface area contributed by atoms with Crippen molar-refractivity contribution in [2.45, 2.75) is 37.5 Å². The molecular formula is C44H34N4. The van der Waals surface area contributed by atoms with Gasteiger partial charge in [0.2, 0.25) is 0 Å². The summed E-state index contributed by atoms with van der Waals surface area (Å²) >= 11 is 0. The van der Waals surface area contributed by atoms with Crippen LogP contribution in [0.2, 0.25) is 0 Å². The van der Waals surface area contributed by atoms with E-state index < -0.39 is 0 Å². The molecule has 4 nitrogen and oxygen atoms in total. The van der Waals surface area contributed by atoms with Gasteiger partial charge in [0.25, 0.3) is 0 Å². The molecule has 4 heteroatoms. The number of rotatable bonds is 5. The molecule has 7 aromatic rings. The molecule has 5 aromatic carbocycles. The number of benzene rings is 5. The number of hydrogen-bond acceptors (Lipinski definition) is 4. The van der Waals surface area contributed by atoms with Gasteiger partial charge in [-0.3, -0.25) is 0 Å². The molecule has 2 aromatic heterocycles. The van der Waals surface area contributed by atoms with Crippen LogP contribution in [0.5, 0.6) is 0 Å². The van der Waals surface area contributed by atoms with E-state index in [0.29, 0.717) is 0 Å². The maximum atomic E-state index is 4.27. The molecule has 2 heterocycles. The summed E-state index contributed by atoms with van der Waals surface area (Å²) in [4.78, 5) is 17.1. The average molecular weight is 619 g/mol. The second-order valence-electron chi connectivity index (χ2n) is 13.1. The molecule has 48 heavy (non-hydrogen) atoms. The van der Waals surface area contributed by atoms with Crippen LogP contribution in [0.1, 0.15) is 43.2 Å². The molecule has 0 radical (unpaired) electrons. The average Bonchev–Trinajstić information content (AvgIpc) is 3.44. The van der Waals surface area contributed by atoms with Crippen LogP contribution in [-0.4, -0.2) is 19.9 Å². The molecule has 0 bridgehead atoms. The summed E-state index contributed by atoms with van der Waals surface area (Å²) in [5.41, 5.74) is 17.4. The zero-order chi connectivity index (χ0) is 31.9. The first-order valence-electron chi connectivity index (χ1n) is 16.9. The Bertz CT molecular complexity index is 2200. The number of hydrogen-bond donors (Lipinski definition) is 0. The van der Waals surface area contributed by atoms with E-state index in [0.717, 1.165) is 33.4 Å². The molecule has 2 aliphatic carbocycles. The van der Waals surface area contributed by atoms with E-state index >= 15 is 0 Å². The van der Waals surface area contributed by atoms with E-state index in [2.05, 4.69) is 129 Å². The van der Waals surface area contributed by atoms with E-state index in [-0.39, 0.29) is 5.41 Å². The van der Waals surface area contributed by atoms with Crippen LogP contribution < -0.4 is 0 Å². The SMILES string of the molecule is c1ccc(-c2cccc3c2-c2ccccc2C32CCCCC2)c(-c2ccc(-c3cc(-c4cncnc4)cc(-c4cncnc4)c3)cc2)c1. The lowest BCUT2D eigenvalue weighted by Crippen LogP contribution is -2.27. The first-order valence-corrected chi connectivity index (χ1v) is 16.9. The van der Waals surface area contributed by atoms with Gasteiger partial charge >= 0.3 is 0 Å². The quantitative estimate of drug-likeness (QED) is 0.193. The van der Waals surface area contributed by atoms with Gasteiger partial charge in [-0.15, -0.1) is 0 Å². The van der Waals surface area contributed by atoms with Gasteiger partial charge < -0.3 is 0 Å². The minimum absolute atomic E-state index is 0.141. The third-order valence-electron chi connectivity index (χ3n) is 10.5. The molecule has 1 fully saturated rings. The van der Waals surface area contributed by atoms with Crippen LogP contribution in [0.15, 0.2) is 147 Å². The van der Waals surface area contributed by atoms with E-state index in [1.54, 1.807) is 12.7 Å². The Labute approximate surface area is 281 Å². The van der Waals surface area contributed by atoms with Crippen molar-refractivity contribution in [2.24, 2.45) is 0 Å². The highest BCUT2D eigenvalue weighted by molar-refractivity contribution is 5.97. The van der Waals surface area contributed by atoms with Gasteiger partial charge in [-0.1, -0.05) is 110 Å². The summed E-state index contributed by atoms with van der Waals surface area (Å²) in [5.74, 6) is 0. The van der Waals surface area contributed by atoms with Crippen molar-refractivity contribution in [1.82, 2.24) is 19.9 Å². The second kappa shape index (κ2) is 11.8. The lowest BCUT2D eigenvalue weighted by molar-refractivity contribution is 0.353. The molecule has 0 saturated heterocycles. The number of nitrogens with zero attached hydrogens (tertiary/aromatic N) is 4. The Hall–Kier alpha value is -5.74. The van der Waals surface area contributed by atoms with Crippen LogP contribution in [0, 0.1) is 0 Å². The third-order valence-corrected chi connectivity index (χ3v) is 10.5. The zero-order valence-corrected chi connectivity index (χ0v) is 26.7. The monoisotopic (exact) mass is 618 g/mol. The Balaban J connectivity index is 1.14. The standard InChI is InChI=1S/C44H34N4/c1-6-19-44(20-7-1)41-13-5-4-11-40(41)43-39(12-8-14-42(43)44)38-10-3-2-9-37(38)31-17-15-30(16-18-31)32-21-33(35-24-45-28-46-25-35)23-34(22-32)36-26-47-29-48-27-36/h2-5,8-18,21-29H,1,6-7,19-20H2. The fourth-order valence-corrected chi connectivity index (χ4v) is 8.26. The number of aromatic nitrogens is 4. The predicted molar refractivity (Wildman–Crippen MR) is 194 cm³/mol. The van der Waals surface area contributed by atoms with Gasteiger partial charge in [-0.05, 0) is 97.8 Å². The lowest BCUT2D eigenvalue weighted by Gasteiger charge is -2.36. The largest absolute Gasteiger partial charge is 0.244 e. The Kier molecular flexibility index (Phi) is 7.01. The lowest BCUT2D eigenvalue weighted by atomic mass is 9.67. The van der Waals surface area contributed by atoms with E-state index in [1.165, 1.54) is 76.6 Å². The van der Waals surface area contributed by atoms with Crippen molar-refractivity contribution in [3.63, 3.8) is 0 Å². The van der Waals surface area contributed by atoms with Crippen LogP contribution in [0.4, 0.5) is 0 Å². The first kappa shape index (κ1) is 28.5.